The van der Waals surface area contributed by atoms with Crippen molar-refractivity contribution in [1.82, 2.24) is 19.9 Å². The molecule has 2 N–H and O–H groups in total. The summed E-state index contributed by atoms with van der Waals surface area (Å²) in [5, 5.41) is 5.30. The molecule has 14 heteroatoms. The molecule has 180 valence electrons. The van der Waals surface area contributed by atoms with Crippen LogP contribution in [0.1, 0.15) is 11.3 Å². The molecule has 0 spiro atoms. The minimum atomic E-state index is -4.65. The lowest BCUT2D eigenvalue weighted by Gasteiger charge is -2.27. The second-order valence-electron chi connectivity index (χ2n) is 7.12. The number of ether oxygens (including phenoxy) is 1. The number of rotatable bonds is 5. The third-order valence-electron chi connectivity index (χ3n) is 4.64. The summed E-state index contributed by atoms with van der Waals surface area (Å²) in [7, 11) is 0. The SMILES string of the molecule is FC(F)(F)c1cccc(Nc2nc(Nc3cccc(C(F)(F)F)n3)nc(N3CCOCC3)n2)c1. The fraction of sp³-hybridized carbons (Fsp3) is 0.300. The van der Waals surface area contributed by atoms with E-state index in [1.165, 1.54) is 24.3 Å². The van der Waals surface area contributed by atoms with Crippen molar-refractivity contribution in [1.29, 1.82) is 0 Å². The molecule has 1 aliphatic rings. The summed E-state index contributed by atoms with van der Waals surface area (Å²) in [5.41, 5.74) is -1.91. The minimum Gasteiger partial charge on any atom is -0.378 e. The highest BCUT2D eigenvalue weighted by Crippen LogP contribution is 2.32. The molecule has 0 unspecified atom stereocenters. The van der Waals surface area contributed by atoms with E-state index in [1.807, 2.05) is 0 Å². The van der Waals surface area contributed by atoms with E-state index in [4.69, 9.17) is 4.74 Å². The monoisotopic (exact) mass is 485 g/mol. The van der Waals surface area contributed by atoms with Gasteiger partial charge in [0, 0.05) is 18.8 Å². The van der Waals surface area contributed by atoms with Crippen LogP contribution in [0.25, 0.3) is 0 Å². The lowest BCUT2D eigenvalue weighted by atomic mass is 10.2. The number of anilines is 5. The molecular formula is C20H17F6N7O. The number of nitrogens with zero attached hydrogens (tertiary/aromatic N) is 5. The Hall–Kier alpha value is -3.68. The Bertz CT molecular complexity index is 1070. The molecule has 34 heavy (non-hydrogen) atoms. The number of aromatic nitrogens is 4. The standard InChI is InChI=1S/C20H17F6N7O/c21-19(22,23)12-3-1-4-13(11-12)27-16-30-17(32-18(31-16)33-7-9-34-10-8-33)29-15-6-2-5-14(28-15)20(24,25)26/h1-6,11H,7-10H2,(H2,27,28,29,30,31,32). The lowest BCUT2D eigenvalue weighted by Crippen LogP contribution is -2.37. The largest absolute Gasteiger partial charge is 0.433 e. The van der Waals surface area contributed by atoms with E-state index in [2.05, 4.69) is 30.6 Å². The number of halogens is 6. The molecule has 0 bridgehead atoms. The van der Waals surface area contributed by atoms with Gasteiger partial charge in [-0.1, -0.05) is 12.1 Å². The predicted molar refractivity (Wildman–Crippen MR) is 110 cm³/mol. The summed E-state index contributed by atoms with van der Waals surface area (Å²) in [6, 6.07) is 7.72. The molecule has 2 aromatic heterocycles. The first-order chi connectivity index (χ1) is 16.1. The topological polar surface area (TPSA) is 88.1 Å². The average Bonchev–Trinajstić information content (AvgIpc) is 2.79. The first kappa shape index (κ1) is 23.5. The van der Waals surface area contributed by atoms with Crippen molar-refractivity contribution in [2.24, 2.45) is 0 Å². The summed E-state index contributed by atoms with van der Waals surface area (Å²) in [4.78, 5) is 17.9. The predicted octanol–water partition coefficient (Wildman–Crippen LogP) is 4.63. The Labute approximate surface area is 189 Å². The van der Waals surface area contributed by atoms with Crippen molar-refractivity contribution < 1.29 is 31.1 Å². The van der Waals surface area contributed by atoms with E-state index in [0.29, 0.717) is 26.3 Å². The Morgan fingerprint density at radius 3 is 2.12 bits per heavy atom. The van der Waals surface area contributed by atoms with Crippen LogP contribution in [0.2, 0.25) is 0 Å². The third-order valence-corrected chi connectivity index (χ3v) is 4.64. The van der Waals surface area contributed by atoms with E-state index in [9.17, 15) is 26.3 Å². The maximum Gasteiger partial charge on any atom is 0.433 e. The molecule has 0 radical (unpaired) electrons. The smallest absolute Gasteiger partial charge is 0.378 e. The van der Waals surface area contributed by atoms with Crippen LogP contribution in [0.3, 0.4) is 0 Å². The van der Waals surface area contributed by atoms with Crippen LogP contribution in [-0.2, 0) is 17.1 Å². The fourth-order valence-corrected chi connectivity index (χ4v) is 3.06. The van der Waals surface area contributed by atoms with Crippen LogP contribution in [0, 0.1) is 0 Å². The Morgan fingerprint density at radius 1 is 0.765 bits per heavy atom. The van der Waals surface area contributed by atoms with Crippen LogP contribution < -0.4 is 15.5 Å². The first-order valence-electron chi connectivity index (χ1n) is 9.92. The summed E-state index contributed by atoms with van der Waals surface area (Å²) < 4.78 is 83.4. The van der Waals surface area contributed by atoms with Crippen molar-refractivity contribution in [3.63, 3.8) is 0 Å². The molecule has 1 saturated heterocycles. The van der Waals surface area contributed by atoms with Gasteiger partial charge in [-0.05, 0) is 30.3 Å². The van der Waals surface area contributed by atoms with Crippen LogP contribution in [0.4, 0.5) is 55.7 Å². The van der Waals surface area contributed by atoms with Crippen LogP contribution in [0.15, 0.2) is 42.5 Å². The molecule has 0 amide bonds. The maximum atomic E-state index is 13.1. The Kier molecular flexibility index (Phi) is 6.41. The quantitative estimate of drug-likeness (QED) is 0.506. The van der Waals surface area contributed by atoms with Gasteiger partial charge in [-0.15, -0.1) is 0 Å². The Morgan fingerprint density at radius 2 is 1.44 bits per heavy atom. The van der Waals surface area contributed by atoms with Gasteiger partial charge in [0.2, 0.25) is 17.8 Å². The van der Waals surface area contributed by atoms with Crippen molar-refractivity contribution in [2.45, 2.75) is 12.4 Å². The van der Waals surface area contributed by atoms with Crippen molar-refractivity contribution in [3.8, 4) is 0 Å². The third kappa shape index (κ3) is 5.81. The number of alkyl halides is 6. The van der Waals surface area contributed by atoms with E-state index in [1.54, 1.807) is 4.90 Å². The highest BCUT2D eigenvalue weighted by Gasteiger charge is 2.33. The molecular weight excluding hydrogens is 468 g/mol. The molecule has 4 rings (SSSR count). The van der Waals surface area contributed by atoms with Gasteiger partial charge >= 0.3 is 12.4 Å². The van der Waals surface area contributed by atoms with Gasteiger partial charge in [0.25, 0.3) is 0 Å². The van der Waals surface area contributed by atoms with Gasteiger partial charge in [0.1, 0.15) is 11.5 Å². The minimum absolute atomic E-state index is 0.0668. The maximum absolute atomic E-state index is 13.1. The zero-order valence-electron chi connectivity index (χ0n) is 17.3. The van der Waals surface area contributed by atoms with Gasteiger partial charge in [0.05, 0.1) is 18.8 Å². The van der Waals surface area contributed by atoms with E-state index >= 15 is 0 Å². The van der Waals surface area contributed by atoms with Crippen LogP contribution >= 0.6 is 0 Å². The molecule has 8 nitrogen and oxygen atoms in total. The summed E-state index contributed by atoms with van der Waals surface area (Å²) >= 11 is 0. The molecule has 1 aliphatic heterocycles. The molecule has 3 heterocycles. The van der Waals surface area contributed by atoms with E-state index in [0.717, 1.165) is 18.2 Å². The molecule has 3 aromatic rings. The summed E-state index contributed by atoms with van der Waals surface area (Å²) in [6.07, 6.45) is -9.19. The molecule has 1 fully saturated rings. The van der Waals surface area contributed by atoms with Crippen LogP contribution in [-0.4, -0.2) is 46.2 Å². The Balaban J connectivity index is 1.66. The zero-order chi connectivity index (χ0) is 24.3. The number of nitrogens with one attached hydrogen (secondary N) is 2. The van der Waals surface area contributed by atoms with Crippen molar-refractivity contribution >= 4 is 29.4 Å². The molecule has 0 saturated carbocycles. The summed E-state index contributed by atoms with van der Waals surface area (Å²) in [5.74, 6) is -0.246. The van der Waals surface area contributed by atoms with E-state index < -0.39 is 23.6 Å². The number of benzene rings is 1. The highest BCUT2D eigenvalue weighted by atomic mass is 19.4. The van der Waals surface area contributed by atoms with Gasteiger partial charge in [-0.25, -0.2) is 4.98 Å². The molecule has 1 aromatic carbocycles. The normalized spacial score (nSPS) is 14.7. The van der Waals surface area contributed by atoms with E-state index in [-0.39, 0.29) is 29.4 Å². The highest BCUT2D eigenvalue weighted by molar-refractivity contribution is 5.59. The van der Waals surface area contributed by atoms with Gasteiger partial charge in [-0.2, -0.15) is 41.3 Å². The molecule has 0 aliphatic carbocycles. The fourth-order valence-electron chi connectivity index (χ4n) is 3.06. The average molecular weight is 485 g/mol. The first-order valence-corrected chi connectivity index (χ1v) is 9.92. The van der Waals surface area contributed by atoms with Gasteiger partial charge < -0.3 is 20.3 Å². The number of hydrogen-bond donors (Lipinski definition) is 2. The van der Waals surface area contributed by atoms with Gasteiger partial charge in [-0.3, -0.25) is 0 Å². The van der Waals surface area contributed by atoms with Crippen molar-refractivity contribution in [3.05, 3.63) is 53.7 Å². The van der Waals surface area contributed by atoms with Crippen LogP contribution in [0.5, 0.6) is 0 Å². The van der Waals surface area contributed by atoms with Crippen molar-refractivity contribution in [2.75, 3.05) is 41.8 Å². The number of pyridine rings is 1. The summed E-state index contributed by atoms with van der Waals surface area (Å²) in [6.45, 7) is 1.68. The molecule has 0 atom stereocenters. The number of morpholine rings is 1. The lowest BCUT2D eigenvalue weighted by molar-refractivity contribution is -0.141. The van der Waals surface area contributed by atoms with Gasteiger partial charge in [0.15, 0.2) is 0 Å². The second kappa shape index (κ2) is 9.29. The zero-order valence-corrected chi connectivity index (χ0v) is 17.3. The number of hydrogen-bond acceptors (Lipinski definition) is 8. The second-order valence-corrected chi connectivity index (χ2v) is 7.12.